The van der Waals surface area contributed by atoms with E-state index in [-0.39, 0.29) is 5.41 Å². The average Bonchev–Trinajstić information content (AvgIpc) is 3.02. The first kappa shape index (κ1) is 18.9. The van der Waals surface area contributed by atoms with E-state index in [9.17, 15) is 4.79 Å². The van der Waals surface area contributed by atoms with E-state index < -0.39 is 0 Å². The van der Waals surface area contributed by atoms with E-state index in [1.54, 1.807) is 0 Å². The van der Waals surface area contributed by atoms with Crippen molar-refractivity contribution in [3.05, 3.63) is 35.9 Å². The van der Waals surface area contributed by atoms with Crippen LogP contribution in [0.1, 0.15) is 77.2 Å². The van der Waals surface area contributed by atoms with Gasteiger partial charge >= 0.3 is 0 Å². The van der Waals surface area contributed by atoms with Gasteiger partial charge in [0.05, 0.1) is 12.7 Å². The Morgan fingerprint density at radius 1 is 0.964 bits per heavy atom. The summed E-state index contributed by atoms with van der Waals surface area (Å²) in [7, 11) is 0. The third-order valence-electron chi connectivity index (χ3n) is 9.66. The fraction of sp³-hybridized carbons (Fsp3) is 0.731. The van der Waals surface area contributed by atoms with Gasteiger partial charge in [-0.05, 0) is 86.0 Å². The predicted octanol–water partition coefficient (Wildman–Crippen LogP) is 6.18. The maximum atomic E-state index is 12.6. The zero-order valence-electron chi connectivity index (χ0n) is 17.7. The molecule has 4 saturated carbocycles. The minimum atomic E-state index is 0.0142. The van der Waals surface area contributed by atoms with Gasteiger partial charge in [-0.25, -0.2) is 0 Å². The van der Waals surface area contributed by atoms with E-state index >= 15 is 0 Å². The van der Waals surface area contributed by atoms with Crippen LogP contribution in [0.4, 0.5) is 0 Å². The summed E-state index contributed by atoms with van der Waals surface area (Å²) in [4.78, 5) is 12.6. The maximum Gasteiger partial charge on any atom is 0.139 e. The largest absolute Gasteiger partial charge is 0.374 e. The minimum Gasteiger partial charge on any atom is -0.374 e. The zero-order valence-corrected chi connectivity index (χ0v) is 17.7. The lowest BCUT2D eigenvalue weighted by Gasteiger charge is -2.60. The van der Waals surface area contributed by atoms with Crippen LogP contribution in [-0.2, 0) is 16.1 Å². The number of ketones is 1. The Hall–Kier alpha value is -1.15. The van der Waals surface area contributed by atoms with Gasteiger partial charge in [0, 0.05) is 11.8 Å². The molecule has 1 aromatic rings. The molecule has 4 aliphatic carbocycles. The molecule has 0 saturated heterocycles. The maximum absolute atomic E-state index is 12.6. The molecule has 2 heteroatoms. The van der Waals surface area contributed by atoms with Crippen molar-refractivity contribution in [3.63, 3.8) is 0 Å². The molecule has 1 aromatic carbocycles. The van der Waals surface area contributed by atoms with E-state index in [1.807, 2.05) is 0 Å². The molecule has 0 N–H and O–H groups in total. The zero-order chi connectivity index (χ0) is 19.4. The normalized spacial score (nSPS) is 45.2. The van der Waals surface area contributed by atoms with Crippen LogP contribution >= 0.6 is 0 Å². The van der Waals surface area contributed by atoms with Gasteiger partial charge in [0.2, 0.25) is 0 Å². The molecule has 0 spiro atoms. The summed E-state index contributed by atoms with van der Waals surface area (Å²) in [6.07, 6.45) is 11.3. The standard InChI is InChI=1S/C26H36O2/c1-25-14-12-20(28-17-18-6-4-3-5-7-18)16-19(25)8-9-21-22-10-11-24(27)26(22,2)15-13-23(21)25/h3-7,19-23H,8-17H2,1-2H3/t19-,20+,21+,22+,23+,25+,26+/m1/s1. The fourth-order valence-corrected chi connectivity index (χ4v) is 7.93. The number of hydrogen-bond acceptors (Lipinski definition) is 2. The Morgan fingerprint density at radius 2 is 1.79 bits per heavy atom. The molecule has 0 aliphatic heterocycles. The summed E-state index contributed by atoms with van der Waals surface area (Å²) >= 11 is 0. The van der Waals surface area contributed by atoms with E-state index in [1.165, 1.54) is 50.5 Å². The van der Waals surface area contributed by atoms with Crippen molar-refractivity contribution in [1.82, 2.24) is 0 Å². The third kappa shape index (κ3) is 2.90. The monoisotopic (exact) mass is 380 g/mol. The van der Waals surface area contributed by atoms with E-state index in [2.05, 4.69) is 44.2 Å². The molecule has 4 fully saturated rings. The minimum absolute atomic E-state index is 0.0142. The number of carbonyl (C=O) groups is 1. The summed E-state index contributed by atoms with van der Waals surface area (Å²) < 4.78 is 6.35. The number of fused-ring (bicyclic) bond motifs is 5. The van der Waals surface area contributed by atoms with Gasteiger partial charge in [-0.3, -0.25) is 4.79 Å². The molecule has 0 unspecified atom stereocenters. The highest BCUT2D eigenvalue weighted by Crippen LogP contribution is 2.65. The molecule has 7 atom stereocenters. The van der Waals surface area contributed by atoms with Crippen LogP contribution in [0.3, 0.4) is 0 Å². The lowest BCUT2D eigenvalue weighted by atomic mass is 9.45. The first-order valence-electron chi connectivity index (χ1n) is 11.7. The predicted molar refractivity (Wildman–Crippen MR) is 112 cm³/mol. The lowest BCUT2D eigenvalue weighted by molar-refractivity contribution is -0.145. The molecule has 0 heterocycles. The third-order valence-corrected chi connectivity index (χ3v) is 9.66. The van der Waals surface area contributed by atoms with Gasteiger partial charge in [0.1, 0.15) is 5.78 Å². The lowest BCUT2D eigenvalue weighted by Crippen LogP contribution is -2.54. The van der Waals surface area contributed by atoms with E-state index in [0.29, 0.717) is 23.2 Å². The smallest absolute Gasteiger partial charge is 0.139 e. The highest BCUT2D eigenvalue weighted by molar-refractivity contribution is 5.87. The summed E-state index contributed by atoms with van der Waals surface area (Å²) in [5.74, 6) is 3.69. The molecule has 0 amide bonds. The van der Waals surface area contributed by atoms with Crippen LogP contribution in [0.15, 0.2) is 30.3 Å². The fourth-order valence-electron chi connectivity index (χ4n) is 7.93. The van der Waals surface area contributed by atoms with Crippen LogP contribution in [0.2, 0.25) is 0 Å². The topological polar surface area (TPSA) is 26.3 Å². The second kappa shape index (κ2) is 6.97. The molecule has 0 aromatic heterocycles. The van der Waals surface area contributed by atoms with Crippen molar-refractivity contribution < 1.29 is 9.53 Å². The van der Waals surface area contributed by atoms with Crippen LogP contribution in [0.25, 0.3) is 0 Å². The van der Waals surface area contributed by atoms with Gasteiger partial charge in [0.25, 0.3) is 0 Å². The Labute approximate surface area is 170 Å². The molecule has 0 bridgehead atoms. The molecular formula is C26H36O2. The van der Waals surface area contributed by atoms with Crippen molar-refractivity contribution in [2.75, 3.05) is 0 Å². The summed E-state index contributed by atoms with van der Waals surface area (Å²) in [5, 5.41) is 0. The summed E-state index contributed by atoms with van der Waals surface area (Å²) in [6, 6.07) is 10.6. The quantitative estimate of drug-likeness (QED) is 0.625. The van der Waals surface area contributed by atoms with Gasteiger partial charge in [-0.2, -0.15) is 0 Å². The average molecular weight is 381 g/mol. The Kier molecular flexibility index (Phi) is 4.69. The highest BCUT2D eigenvalue weighted by Gasteiger charge is 2.60. The number of ether oxygens (including phenoxy) is 1. The second-order valence-corrected chi connectivity index (χ2v) is 10.8. The number of Topliss-reactive ketones (excluding diaryl/α,β-unsaturated/α-hetero) is 1. The van der Waals surface area contributed by atoms with Crippen LogP contribution in [-0.4, -0.2) is 11.9 Å². The number of benzene rings is 1. The first-order valence-corrected chi connectivity index (χ1v) is 11.7. The summed E-state index contributed by atoms with van der Waals surface area (Å²) in [5.41, 5.74) is 1.78. The van der Waals surface area contributed by atoms with Gasteiger partial charge < -0.3 is 4.74 Å². The molecule has 0 radical (unpaired) electrons. The van der Waals surface area contributed by atoms with Crippen molar-refractivity contribution in [3.8, 4) is 0 Å². The number of carbonyl (C=O) groups excluding carboxylic acids is 1. The van der Waals surface area contributed by atoms with Crippen molar-refractivity contribution in [1.29, 1.82) is 0 Å². The van der Waals surface area contributed by atoms with Gasteiger partial charge in [-0.1, -0.05) is 44.2 Å². The SMILES string of the molecule is C[C@]12CC[C@H](OCc3ccccc3)C[C@H]1CC[C@@H]1[C@@H]2CC[C@]2(C)C(=O)CC[C@@H]12. The first-order chi connectivity index (χ1) is 13.5. The molecular weight excluding hydrogens is 344 g/mol. The van der Waals surface area contributed by atoms with Crippen molar-refractivity contribution >= 4 is 5.78 Å². The van der Waals surface area contributed by atoms with Crippen LogP contribution in [0.5, 0.6) is 0 Å². The molecule has 4 aliphatic rings. The highest BCUT2D eigenvalue weighted by atomic mass is 16.5. The summed E-state index contributed by atoms with van der Waals surface area (Å²) in [6.45, 7) is 5.65. The Morgan fingerprint density at radius 3 is 2.61 bits per heavy atom. The Balaban J connectivity index is 1.27. The van der Waals surface area contributed by atoms with Crippen LogP contribution in [0, 0.1) is 34.5 Å². The van der Waals surface area contributed by atoms with Gasteiger partial charge in [-0.15, -0.1) is 0 Å². The van der Waals surface area contributed by atoms with Crippen LogP contribution < -0.4 is 0 Å². The van der Waals surface area contributed by atoms with E-state index in [4.69, 9.17) is 4.74 Å². The Bertz CT molecular complexity index is 727. The van der Waals surface area contributed by atoms with E-state index in [0.717, 1.165) is 37.2 Å². The van der Waals surface area contributed by atoms with Gasteiger partial charge in [0.15, 0.2) is 0 Å². The number of rotatable bonds is 3. The molecule has 5 rings (SSSR count). The number of hydrogen-bond donors (Lipinski definition) is 0. The van der Waals surface area contributed by atoms with Crippen molar-refractivity contribution in [2.45, 2.75) is 84.3 Å². The van der Waals surface area contributed by atoms with Crippen molar-refractivity contribution in [2.24, 2.45) is 34.5 Å². The second-order valence-electron chi connectivity index (χ2n) is 10.8. The molecule has 2 nitrogen and oxygen atoms in total. The molecule has 152 valence electrons. The molecule has 28 heavy (non-hydrogen) atoms.